The highest BCUT2D eigenvalue weighted by atomic mass is 15.4. The normalized spacial score (nSPS) is 20.0. The van der Waals surface area contributed by atoms with Gasteiger partial charge in [-0.3, -0.25) is 9.88 Å². The number of nitrogens with two attached hydrogens (primary N) is 2. The minimum absolute atomic E-state index is 0.578. The molecule has 39 heavy (non-hydrogen) atoms. The van der Waals surface area contributed by atoms with Crippen molar-refractivity contribution in [1.29, 1.82) is 0 Å². The fourth-order valence-electron chi connectivity index (χ4n) is 5.45. The number of rotatable bonds is 7. The van der Waals surface area contributed by atoms with Crippen LogP contribution in [0.25, 0.3) is 11.1 Å². The number of piperazine rings is 1. The number of nitrogens with zero attached hydrogens (tertiary/aromatic N) is 5. The number of aromatic nitrogens is 3. The molecule has 3 fully saturated rings. The molecule has 2 unspecified atom stereocenters. The quantitative estimate of drug-likeness (QED) is 0.354. The molecule has 0 aliphatic carbocycles. The van der Waals surface area contributed by atoms with E-state index in [9.17, 15) is 0 Å². The van der Waals surface area contributed by atoms with Gasteiger partial charge in [0.05, 0.1) is 22.9 Å². The maximum Gasteiger partial charge on any atom is 0.0970 e. The van der Waals surface area contributed by atoms with E-state index in [2.05, 4.69) is 76.4 Å². The molecule has 3 aliphatic heterocycles. The lowest BCUT2D eigenvalue weighted by atomic mass is 9.86. The van der Waals surface area contributed by atoms with Gasteiger partial charge in [-0.1, -0.05) is 43.6 Å². The minimum Gasteiger partial charge on any atom is -0.396 e. The van der Waals surface area contributed by atoms with E-state index in [0.29, 0.717) is 17.8 Å². The summed E-state index contributed by atoms with van der Waals surface area (Å²) in [6.07, 6.45) is 14.0. The molecule has 2 bridgehead atoms. The Labute approximate surface area is 231 Å². The van der Waals surface area contributed by atoms with Crippen LogP contribution in [0.1, 0.15) is 56.5 Å². The second-order valence-electron chi connectivity index (χ2n) is 11.3. The second kappa shape index (κ2) is 10.7. The molecule has 0 amide bonds. The summed E-state index contributed by atoms with van der Waals surface area (Å²) in [7, 11) is 0. The van der Waals surface area contributed by atoms with Crippen molar-refractivity contribution in [1.82, 2.24) is 24.4 Å². The number of anilines is 1. The van der Waals surface area contributed by atoms with E-state index in [4.69, 9.17) is 11.5 Å². The molecule has 7 nitrogen and oxygen atoms in total. The third kappa shape index (κ3) is 5.78. The predicted octanol–water partition coefficient (Wildman–Crippen LogP) is 4.39. The summed E-state index contributed by atoms with van der Waals surface area (Å²) in [6.45, 7) is 15.3. The van der Waals surface area contributed by atoms with Crippen molar-refractivity contribution in [3.63, 3.8) is 0 Å². The van der Waals surface area contributed by atoms with Gasteiger partial charge in [0.15, 0.2) is 0 Å². The Bertz CT molecular complexity index is 1480. The zero-order chi connectivity index (χ0) is 27.7. The Morgan fingerprint density at radius 2 is 1.97 bits per heavy atom. The van der Waals surface area contributed by atoms with Crippen LogP contribution in [-0.4, -0.2) is 55.1 Å². The standard InChI is InChI=1S/C32H39N7/c1-6-25(29-14-23(12-13-32(4,5)34)19-39-31(29)30(33)17-36-39)10-8-22(3)37-20-27-15-28(21-37)38(27)18-24-9-11-26(7-2)35-16-24/h6,8-11,14,16-17,19,27-28H,1,7,15,18,20-21,33-34H2,2-5H3/b22-8+,25-10+. The van der Waals surface area contributed by atoms with Crippen LogP contribution in [0, 0.1) is 11.8 Å². The Balaban J connectivity index is 1.34. The molecule has 0 radical (unpaired) electrons. The number of allylic oxidation sites excluding steroid dienone is 5. The van der Waals surface area contributed by atoms with Gasteiger partial charge >= 0.3 is 0 Å². The van der Waals surface area contributed by atoms with Crippen LogP contribution in [0.4, 0.5) is 5.69 Å². The molecule has 3 aromatic rings. The third-order valence-electron chi connectivity index (χ3n) is 7.66. The zero-order valence-electron chi connectivity index (χ0n) is 23.5. The first-order valence-corrected chi connectivity index (χ1v) is 13.7. The van der Waals surface area contributed by atoms with Crippen molar-refractivity contribution < 1.29 is 0 Å². The van der Waals surface area contributed by atoms with Crippen LogP contribution in [0.5, 0.6) is 0 Å². The van der Waals surface area contributed by atoms with E-state index in [1.807, 2.05) is 38.4 Å². The van der Waals surface area contributed by atoms with E-state index in [-0.39, 0.29) is 0 Å². The molecule has 3 aliphatic rings. The van der Waals surface area contributed by atoms with Gasteiger partial charge in [0, 0.05) is 66.6 Å². The number of pyridine rings is 2. The largest absolute Gasteiger partial charge is 0.396 e. The molecule has 3 saturated heterocycles. The lowest BCUT2D eigenvalue weighted by Crippen LogP contribution is -2.67. The first kappa shape index (κ1) is 26.7. The maximum absolute atomic E-state index is 6.31. The molecular weight excluding hydrogens is 482 g/mol. The molecular formula is C32H39N7. The Morgan fingerprint density at radius 1 is 1.21 bits per heavy atom. The smallest absolute Gasteiger partial charge is 0.0970 e. The summed E-state index contributed by atoms with van der Waals surface area (Å²) >= 11 is 0. The van der Waals surface area contributed by atoms with E-state index >= 15 is 0 Å². The highest BCUT2D eigenvalue weighted by Gasteiger charge is 2.44. The highest BCUT2D eigenvalue weighted by Crippen LogP contribution is 2.35. The third-order valence-corrected chi connectivity index (χ3v) is 7.66. The van der Waals surface area contributed by atoms with Gasteiger partial charge in [-0.2, -0.15) is 5.10 Å². The Morgan fingerprint density at radius 3 is 2.62 bits per heavy atom. The van der Waals surface area contributed by atoms with Crippen LogP contribution in [0.3, 0.4) is 0 Å². The summed E-state index contributed by atoms with van der Waals surface area (Å²) in [5.41, 5.74) is 19.7. The lowest BCUT2D eigenvalue weighted by molar-refractivity contribution is -0.0641. The molecule has 0 saturated carbocycles. The Hall–Kier alpha value is -3.86. The molecule has 3 aromatic heterocycles. The highest BCUT2D eigenvalue weighted by molar-refractivity contribution is 5.90. The fourth-order valence-corrected chi connectivity index (χ4v) is 5.45. The lowest BCUT2D eigenvalue weighted by Gasteiger charge is -2.57. The van der Waals surface area contributed by atoms with Crippen molar-refractivity contribution in [2.24, 2.45) is 5.73 Å². The molecule has 202 valence electrons. The van der Waals surface area contributed by atoms with Crippen molar-refractivity contribution in [2.75, 3.05) is 18.8 Å². The molecule has 0 aromatic carbocycles. The number of fused-ring (bicyclic) bond motifs is 3. The monoisotopic (exact) mass is 521 g/mol. The summed E-state index contributed by atoms with van der Waals surface area (Å²) in [5, 5.41) is 4.43. The predicted molar refractivity (Wildman–Crippen MR) is 160 cm³/mol. The molecule has 4 N–H and O–H groups in total. The van der Waals surface area contributed by atoms with Crippen LogP contribution < -0.4 is 11.5 Å². The van der Waals surface area contributed by atoms with Gasteiger partial charge in [0.25, 0.3) is 0 Å². The summed E-state index contributed by atoms with van der Waals surface area (Å²) < 4.78 is 1.78. The summed E-state index contributed by atoms with van der Waals surface area (Å²) in [5.74, 6) is 6.29. The first-order valence-electron chi connectivity index (χ1n) is 13.7. The van der Waals surface area contributed by atoms with Gasteiger partial charge in [-0.05, 0) is 63.0 Å². The number of hydrogen-bond acceptors (Lipinski definition) is 6. The molecule has 0 spiro atoms. The van der Waals surface area contributed by atoms with Crippen molar-refractivity contribution >= 4 is 16.8 Å². The zero-order valence-corrected chi connectivity index (χ0v) is 23.5. The maximum atomic E-state index is 6.31. The first-order chi connectivity index (χ1) is 18.6. The number of piperidine rings is 1. The van der Waals surface area contributed by atoms with E-state index in [1.54, 1.807) is 10.7 Å². The summed E-state index contributed by atoms with van der Waals surface area (Å²) in [4.78, 5) is 9.71. The van der Waals surface area contributed by atoms with Crippen LogP contribution >= 0.6 is 0 Å². The topological polar surface area (TPSA) is 88.7 Å². The number of aryl methyl sites for hydroxylation is 1. The minimum atomic E-state index is -0.587. The van der Waals surface area contributed by atoms with E-state index in [1.165, 1.54) is 17.7 Å². The van der Waals surface area contributed by atoms with Gasteiger partial charge in [-0.25, -0.2) is 4.52 Å². The van der Waals surface area contributed by atoms with Gasteiger partial charge < -0.3 is 16.4 Å². The molecule has 7 heteroatoms. The fraction of sp³-hybridized carbons (Fsp3) is 0.375. The van der Waals surface area contributed by atoms with Crippen molar-refractivity contribution in [3.05, 3.63) is 89.7 Å². The number of hydrogen-bond donors (Lipinski definition) is 2. The Kier molecular flexibility index (Phi) is 7.35. The van der Waals surface area contributed by atoms with Crippen LogP contribution in [-0.2, 0) is 13.0 Å². The summed E-state index contributed by atoms with van der Waals surface area (Å²) in [6, 6.07) is 7.58. The van der Waals surface area contributed by atoms with Gasteiger partial charge in [-0.15, -0.1) is 0 Å². The van der Waals surface area contributed by atoms with E-state index < -0.39 is 5.54 Å². The van der Waals surface area contributed by atoms with Gasteiger partial charge in [0.2, 0.25) is 0 Å². The second-order valence-corrected chi connectivity index (χ2v) is 11.3. The van der Waals surface area contributed by atoms with E-state index in [0.717, 1.165) is 54.0 Å². The molecule has 2 atom stereocenters. The van der Waals surface area contributed by atoms with Crippen LogP contribution in [0.15, 0.2) is 67.3 Å². The van der Waals surface area contributed by atoms with Crippen molar-refractivity contribution in [2.45, 2.75) is 64.7 Å². The van der Waals surface area contributed by atoms with Gasteiger partial charge in [0.1, 0.15) is 0 Å². The molecule has 6 heterocycles. The van der Waals surface area contributed by atoms with Crippen LogP contribution in [0.2, 0.25) is 0 Å². The SMILES string of the molecule is C=C/C(=C\C=C(/C)N1CC2CC(C1)N2Cc1ccc(CC)nc1)c1cc(C#CC(C)(C)N)cn2ncc(N)c12. The molecule has 6 rings (SSSR count). The van der Waals surface area contributed by atoms with Crippen molar-refractivity contribution in [3.8, 4) is 11.8 Å². The average molecular weight is 522 g/mol. The number of nitrogen functional groups attached to an aromatic ring is 1. The average Bonchev–Trinajstić information content (AvgIpc) is 3.31.